The number of rotatable bonds is 4. The average Bonchev–Trinajstić information content (AvgIpc) is 3.21. The zero-order chi connectivity index (χ0) is 16.5. The van der Waals surface area contributed by atoms with E-state index in [9.17, 15) is 4.79 Å². The number of fused-ring (bicyclic) bond motifs is 1. The molecule has 2 aromatic carbocycles. The van der Waals surface area contributed by atoms with Gasteiger partial charge in [-0.2, -0.15) is 5.10 Å². The predicted molar refractivity (Wildman–Crippen MR) is 87.8 cm³/mol. The maximum absolute atomic E-state index is 10.9. The number of benzene rings is 2. The van der Waals surface area contributed by atoms with Crippen molar-refractivity contribution in [3.8, 4) is 17.1 Å². The van der Waals surface area contributed by atoms with Gasteiger partial charge in [-0.25, -0.2) is 4.68 Å². The first-order valence-corrected chi connectivity index (χ1v) is 7.37. The maximum Gasteiger partial charge on any atom is 0.307 e. The predicted octanol–water partition coefficient (Wildman–Crippen LogP) is 2.44. The van der Waals surface area contributed by atoms with Gasteiger partial charge in [-0.1, -0.05) is 35.5 Å². The summed E-state index contributed by atoms with van der Waals surface area (Å²) >= 11 is 0. The van der Waals surface area contributed by atoms with E-state index < -0.39 is 5.97 Å². The second-order valence-corrected chi connectivity index (χ2v) is 5.41. The van der Waals surface area contributed by atoms with Gasteiger partial charge < -0.3 is 5.11 Å². The molecule has 4 aromatic rings. The molecular weight excluding hydrogens is 306 g/mol. The third-order valence-corrected chi connectivity index (χ3v) is 3.74. The molecule has 0 aliphatic carbocycles. The Kier molecular flexibility index (Phi) is 3.31. The number of carbonyl (C=O) groups is 1. The first-order chi connectivity index (χ1) is 11.7. The van der Waals surface area contributed by atoms with Crippen LogP contribution < -0.4 is 0 Å². The van der Waals surface area contributed by atoms with Crippen molar-refractivity contribution in [1.29, 1.82) is 0 Å². The number of aliphatic carboxylic acids is 1. The minimum atomic E-state index is -0.866. The van der Waals surface area contributed by atoms with Gasteiger partial charge in [-0.3, -0.25) is 9.89 Å². The third-order valence-electron chi connectivity index (χ3n) is 3.74. The largest absolute Gasteiger partial charge is 0.481 e. The van der Waals surface area contributed by atoms with Crippen LogP contribution in [0, 0.1) is 0 Å². The highest BCUT2D eigenvalue weighted by Crippen LogP contribution is 2.24. The molecule has 0 saturated heterocycles. The normalized spacial score (nSPS) is 11.0. The number of hydrogen-bond acceptors (Lipinski definition) is 4. The van der Waals surface area contributed by atoms with E-state index in [2.05, 4.69) is 20.5 Å². The monoisotopic (exact) mass is 319 g/mol. The molecule has 7 nitrogen and oxygen atoms in total. The SMILES string of the molecule is O=C(O)Cc1cccc(-n2cc(-c3n[nH]c4ccccc34)nn2)c1. The molecule has 0 unspecified atom stereocenters. The van der Waals surface area contributed by atoms with Crippen molar-refractivity contribution in [1.82, 2.24) is 25.2 Å². The topological polar surface area (TPSA) is 96.7 Å². The van der Waals surface area contributed by atoms with E-state index >= 15 is 0 Å². The number of carboxylic acids is 1. The van der Waals surface area contributed by atoms with E-state index in [0.29, 0.717) is 11.3 Å². The number of aromatic nitrogens is 5. The fourth-order valence-corrected chi connectivity index (χ4v) is 2.64. The van der Waals surface area contributed by atoms with Crippen LogP contribution in [0.25, 0.3) is 28.0 Å². The molecule has 0 saturated carbocycles. The van der Waals surface area contributed by atoms with Crippen LogP contribution in [-0.4, -0.2) is 36.3 Å². The zero-order valence-electron chi connectivity index (χ0n) is 12.5. The van der Waals surface area contributed by atoms with Crippen LogP contribution in [0.5, 0.6) is 0 Å². The molecule has 0 aliphatic heterocycles. The summed E-state index contributed by atoms with van der Waals surface area (Å²) in [4.78, 5) is 10.9. The Bertz CT molecular complexity index is 1030. The molecule has 0 bridgehead atoms. The van der Waals surface area contributed by atoms with E-state index in [1.165, 1.54) is 0 Å². The van der Waals surface area contributed by atoms with Crippen LogP contribution in [0.2, 0.25) is 0 Å². The van der Waals surface area contributed by atoms with Crippen LogP contribution in [0.4, 0.5) is 0 Å². The average molecular weight is 319 g/mol. The Morgan fingerprint density at radius 2 is 2.04 bits per heavy atom. The Labute approximate surface area is 136 Å². The molecule has 4 rings (SSSR count). The first kappa shape index (κ1) is 14.1. The molecule has 118 valence electrons. The van der Waals surface area contributed by atoms with E-state index in [-0.39, 0.29) is 6.42 Å². The molecule has 0 radical (unpaired) electrons. The van der Waals surface area contributed by atoms with Gasteiger partial charge in [0.2, 0.25) is 0 Å². The number of carboxylic acid groups (broad SMARTS) is 1. The summed E-state index contributed by atoms with van der Waals surface area (Å²) in [6, 6.07) is 15.0. The van der Waals surface area contributed by atoms with Crippen molar-refractivity contribution < 1.29 is 9.90 Å². The molecule has 0 aliphatic rings. The fraction of sp³-hybridized carbons (Fsp3) is 0.0588. The summed E-state index contributed by atoms with van der Waals surface area (Å²) in [6.45, 7) is 0. The maximum atomic E-state index is 10.9. The van der Waals surface area contributed by atoms with Crippen molar-refractivity contribution in [2.45, 2.75) is 6.42 Å². The lowest BCUT2D eigenvalue weighted by atomic mass is 10.1. The number of nitrogens with one attached hydrogen (secondary N) is 1. The Morgan fingerprint density at radius 3 is 2.92 bits per heavy atom. The highest BCUT2D eigenvalue weighted by Gasteiger charge is 2.12. The quantitative estimate of drug-likeness (QED) is 0.602. The summed E-state index contributed by atoms with van der Waals surface area (Å²) in [5, 5.41) is 25.5. The highest BCUT2D eigenvalue weighted by molar-refractivity contribution is 5.91. The number of H-pyrrole nitrogens is 1. The van der Waals surface area contributed by atoms with E-state index in [0.717, 1.165) is 22.3 Å². The van der Waals surface area contributed by atoms with E-state index in [4.69, 9.17) is 5.11 Å². The lowest BCUT2D eigenvalue weighted by Crippen LogP contribution is -2.02. The van der Waals surface area contributed by atoms with Crippen molar-refractivity contribution in [2.24, 2.45) is 0 Å². The first-order valence-electron chi connectivity index (χ1n) is 7.37. The molecule has 2 heterocycles. The van der Waals surface area contributed by atoms with Crippen LogP contribution in [0.15, 0.2) is 54.7 Å². The standard InChI is InChI=1S/C17H13N5O2/c23-16(24)9-11-4-3-5-12(8-11)22-10-15(19-21-22)17-13-6-1-2-7-14(13)18-20-17/h1-8,10H,9H2,(H,18,20)(H,23,24). The summed E-state index contributed by atoms with van der Waals surface area (Å²) in [5.41, 5.74) is 3.79. The Balaban J connectivity index is 1.71. The van der Waals surface area contributed by atoms with Crippen LogP contribution >= 0.6 is 0 Å². The molecule has 0 atom stereocenters. The van der Waals surface area contributed by atoms with Gasteiger partial charge in [0.25, 0.3) is 0 Å². The van der Waals surface area contributed by atoms with Gasteiger partial charge in [0.1, 0.15) is 11.4 Å². The molecule has 2 N–H and O–H groups in total. The molecule has 0 spiro atoms. The molecule has 0 amide bonds. The molecule has 2 aromatic heterocycles. The molecular formula is C17H13N5O2. The lowest BCUT2D eigenvalue weighted by molar-refractivity contribution is -0.136. The smallest absolute Gasteiger partial charge is 0.307 e. The Hall–Kier alpha value is -3.48. The van der Waals surface area contributed by atoms with E-state index in [1.807, 2.05) is 30.3 Å². The Morgan fingerprint density at radius 1 is 1.17 bits per heavy atom. The fourth-order valence-electron chi connectivity index (χ4n) is 2.64. The summed E-state index contributed by atoms with van der Waals surface area (Å²) in [5.74, 6) is -0.866. The summed E-state index contributed by atoms with van der Waals surface area (Å²) in [7, 11) is 0. The highest BCUT2D eigenvalue weighted by atomic mass is 16.4. The van der Waals surface area contributed by atoms with E-state index in [1.54, 1.807) is 29.1 Å². The van der Waals surface area contributed by atoms with Crippen molar-refractivity contribution >= 4 is 16.9 Å². The van der Waals surface area contributed by atoms with Crippen molar-refractivity contribution in [3.05, 3.63) is 60.3 Å². The van der Waals surface area contributed by atoms with Gasteiger partial charge in [0.15, 0.2) is 0 Å². The minimum absolute atomic E-state index is 0.0284. The van der Waals surface area contributed by atoms with Crippen LogP contribution in [-0.2, 0) is 11.2 Å². The number of hydrogen-bond donors (Lipinski definition) is 2. The molecule has 0 fully saturated rings. The summed E-state index contributed by atoms with van der Waals surface area (Å²) in [6.07, 6.45) is 1.75. The zero-order valence-corrected chi connectivity index (χ0v) is 12.5. The van der Waals surface area contributed by atoms with Gasteiger partial charge in [0.05, 0.1) is 23.8 Å². The second-order valence-electron chi connectivity index (χ2n) is 5.41. The van der Waals surface area contributed by atoms with Crippen molar-refractivity contribution in [3.63, 3.8) is 0 Å². The molecule has 7 heteroatoms. The minimum Gasteiger partial charge on any atom is -0.481 e. The van der Waals surface area contributed by atoms with Gasteiger partial charge in [-0.05, 0) is 23.8 Å². The van der Waals surface area contributed by atoms with Gasteiger partial charge >= 0.3 is 5.97 Å². The number of para-hydroxylation sites is 1. The number of aromatic amines is 1. The van der Waals surface area contributed by atoms with Gasteiger partial charge in [0, 0.05) is 5.39 Å². The van der Waals surface area contributed by atoms with Crippen LogP contribution in [0.3, 0.4) is 0 Å². The molecule has 24 heavy (non-hydrogen) atoms. The second kappa shape index (κ2) is 5.62. The van der Waals surface area contributed by atoms with Crippen LogP contribution in [0.1, 0.15) is 5.56 Å². The lowest BCUT2D eigenvalue weighted by Gasteiger charge is -2.02. The third kappa shape index (κ3) is 2.52. The number of nitrogens with zero attached hydrogens (tertiary/aromatic N) is 4. The van der Waals surface area contributed by atoms with Crippen molar-refractivity contribution in [2.75, 3.05) is 0 Å². The van der Waals surface area contributed by atoms with Gasteiger partial charge in [-0.15, -0.1) is 5.10 Å². The summed E-state index contributed by atoms with van der Waals surface area (Å²) < 4.78 is 1.62.